The lowest BCUT2D eigenvalue weighted by Crippen LogP contribution is -2.49. The Kier molecular flexibility index (Phi) is 5.83. The van der Waals surface area contributed by atoms with Gasteiger partial charge in [0.2, 0.25) is 0 Å². The Morgan fingerprint density at radius 1 is 1.29 bits per heavy atom. The predicted octanol–water partition coefficient (Wildman–Crippen LogP) is 2.33. The minimum absolute atomic E-state index is 0.433. The molecule has 1 aromatic heterocycles. The van der Waals surface area contributed by atoms with Crippen LogP contribution in [0.3, 0.4) is 0 Å². The molecular weight excluding hydrogens is 301 g/mol. The molecule has 1 aliphatic heterocycles. The maximum Gasteiger partial charge on any atom is 0.401 e. The summed E-state index contributed by atoms with van der Waals surface area (Å²) in [6.07, 6.45) is -1.17. The molecule has 0 amide bonds. The standard InChI is InChI=1S/C13H21F3N4S/c1-2-3-17-8-11-9-18-12(21-11)20-6-4-19(5-7-20)10-13(14,15)16/h9,17H,2-8,10H2,1H3. The number of halogens is 3. The van der Waals surface area contributed by atoms with Gasteiger partial charge in [0.05, 0.1) is 6.54 Å². The van der Waals surface area contributed by atoms with Crippen LogP contribution in [-0.2, 0) is 6.54 Å². The first kappa shape index (κ1) is 16.5. The van der Waals surface area contributed by atoms with Gasteiger partial charge in [-0.15, -0.1) is 11.3 Å². The summed E-state index contributed by atoms with van der Waals surface area (Å²) in [4.78, 5) is 9.07. The van der Waals surface area contributed by atoms with Gasteiger partial charge in [-0.1, -0.05) is 6.92 Å². The molecule has 120 valence electrons. The molecule has 1 aliphatic rings. The van der Waals surface area contributed by atoms with Gasteiger partial charge >= 0.3 is 6.18 Å². The highest BCUT2D eigenvalue weighted by Crippen LogP contribution is 2.24. The minimum Gasteiger partial charge on any atom is -0.346 e. The van der Waals surface area contributed by atoms with E-state index in [0.29, 0.717) is 26.2 Å². The molecule has 2 heterocycles. The number of piperazine rings is 1. The van der Waals surface area contributed by atoms with Gasteiger partial charge in [-0.3, -0.25) is 4.90 Å². The molecular formula is C13H21F3N4S. The third kappa shape index (κ3) is 5.44. The number of hydrogen-bond donors (Lipinski definition) is 1. The largest absolute Gasteiger partial charge is 0.401 e. The molecule has 0 unspecified atom stereocenters. The summed E-state index contributed by atoms with van der Waals surface area (Å²) in [5.74, 6) is 0. The summed E-state index contributed by atoms with van der Waals surface area (Å²) < 4.78 is 37.0. The quantitative estimate of drug-likeness (QED) is 0.815. The summed E-state index contributed by atoms with van der Waals surface area (Å²) in [5.41, 5.74) is 0. The zero-order chi connectivity index (χ0) is 15.3. The van der Waals surface area contributed by atoms with Crippen molar-refractivity contribution >= 4 is 16.5 Å². The Balaban J connectivity index is 1.79. The molecule has 1 N–H and O–H groups in total. The summed E-state index contributed by atoms with van der Waals surface area (Å²) in [7, 11) is 0. The molecule has 8 heteroatoms. The van der Waals surface area contributed by atoms with E-state index in [1.165, 1.54) is 4.90 Å². The number of alkyl halides is 3. The lowest BCUT2D eigenvalue weighted by molar-refractivity contribution is -0.146. The average Bonchev–Trinajstić information content (AvgIpc) is 2.87. The Morgan fingerprint density at radius 2 is 2.00 bits per heavy atom. The van der Waals surface area contributed by atoms with Gasteiger partial charge < -0.3 is 10.2 Å². The van der Waals surface area contributed by atoms with Crippen LogP contribution < -0.4 is 10.2 Å². The third-order valence-corrected chi connectivity index (χ3v) is 4.37. The number of rotatable bonds is 6. The molecule has 2 rings (SSSR count). The van der Waals surface area contributed by atoms with Crippen molar-refractivity contribution in [1.82, 2.24) is 15.2 Å². The van der Waals surface area contributed by atoms with Crippen LogP contribution in [0.15, 0.2) is 6.20 Å². The molecule has 1 fully saturated rings. The topological polar surface area (TPSA) is 31.4 Å². The second kappa shape index (κ2) is 7.42. The molecule has 0 radical (unpaired) electrons. The zero-order valence-corrected chi connectivity index (χ0v) is 12.9. The van der Waals surface area contributed by atoms with Gasteiger partial charge in [0.15, 0.2) is 5.13 Å². The summed E-state index contributed by atoms with van der Waals surface area (Å²) in [5, 5.41) is 4.23. The Morgan fingerprint density at radius 3 is 2.62 bits per heavy atom. The smallest absolute Gasteiger partial charge is 0.346 e. The van der Waals surface area contributed by atoms with Crippen molar-refractivity contribution in [3.05, 3.63) is 11.1 Å². The number of hydrogen-bond acceptors (Lipinski definition) is 5. The van der Waals surface area contributed by atoms with Crippen molar-refractivity contribution in [1.29, 1.82) is 0 Å². The van der Waals surface area contributed by atoms with Crippen molar-refractivity contribution < 1.29 is 13.2 Å². The highest BCUT2D eigenvalue weighted by atomic mass is 32.1. The van der Waals surface area contributed by atoms with Gasteiger partial charge in [0.25, 0.3) is 0 Å². The molecule has 1 aromatic rings. The van der Waals surface area contributed by atoms with E-state index in [0.717, 1.165) is 29.5 Å². The van der Waals surface area contributed by atoms with Crippen LogP contribution >= 0.6 is 11.3 Å². The summed E-state index contributed by atoms with van der Waals surface area (Å²) in [6.45, 7) is 5.15. The first-order valence-corrected chi connectivity index (χ1v) is 7.99. The molecule has 21 heavy (non-hydrogen) atoms. The van der Waals surface area contributed by atoms with Crippen molar-refractivity contribution in [3.63, 3.8) is 0 Å². The van der Waals surface area contributed by atoms with Gasteiger partial charge in [0, 0.05) is 43.8 Å². The highest BCUT2D eigenvalue weighted by molar-refractivity contribution is 7.15. The lowest BCUT2D eigenvalue weighted by Gasteiger charge is -2.34. The Bertz CT molecular complexity index is 427. The number of anilines is 1. The first-order valence-electron chi connectivity index (χ1n) is 7.17. The third-order valence-electron chi connectivity index (χ3n) is 3.31. The van der Waals surface area contributed by atoms with Crippen LogP contribution in [-0.4, -0.2) is 55.3 Å². The normalized spacial score (nSPS) is 17.4. The number of nitrogens with one attached hydrogen (secondary N) is 1. The molecule has 0 aliphatic carbocycles. The van der Waals surface area contributed by atoms with Crippen molar-refractivity contribution in [2.24, 2.45) is 0 Å². The number of thiazole rings is 1. The number of nitrogens with zero attached hydrogens (tertiary/aromatic N) is 3. The van der Waals surface area contributed by atoms with Crippen molar-refractivity contribution in [2.45, 2.75) is 26.1 Å². The minimum atomic E-state index is -4.11. The fourth-order valence-corrected chi connectivity index (χ4v) is 3.20. The molecule has 0 bridgehead atoms. The summed E-state index contributed by atoms with van der Waals surface area (Å²) >= 11 is 1.62. The second-order valence-electron chi connectivity index (χ2n) is 5.16. The predicted molar refractivity (Wildman–Crippen MR) is 78.8 cm³/mol. The van der Waals surface area contributed by atoms with E-state index in [-0.39, 0.29) is 0 Å². The number of aromatic nitrogens is 1. The van der Waals surface area contributed by atoms with E-state index in [2.05, 4.69) is 22.1 Å². The molecule has 0 spiro atoms. The maximum absolute atomic E-state index is 12.3. The lowest BCUT2D eigenvalue weighted by atomic mass is 10.3. The van der Waals surface area contributed by atoms with Gasteiger partial charge in [-0.05, 0) is 13.0 Å². The van der Waals surface area contributed by atoms with E-state index >= 15 is 0 Å². The average molecular weight is 322 g/mol. The first-order chi connectivity index (χ1) is 9.98. The Hall–Kier alpha value is -0.860. The Labute approximate surface area is 127 Å². The zero-order valence-electron chi connectivity index (χ0n) is 12.1. The van der Waals surface area contributed by atoms with Crippen LogP contribution in [0, 0.1) is 0 Å². The fourth-order valence-electron chi connectivity index (χ4n) is 2.26. The van der Waals surface area contributed by atoms with Crippen LogP contribution in [0.1, 0.15) is 18.2 Å². The summed E-state index contributed by atoms with van der Waals surface area (Å²) in [6, 6.07) is 0. The molecule has 0 aromatic carbocycles. The second-order valence-corrected chi connectivity index (χ2v) is 6.26. The molecule has 1 saturated heterocycles. The monoisotopic (exact) mass is 322 g/mol. The van der Waals surface area contributed by atoms with Gasteiger partial charge in [0.1, 0.15) is 0 Å². The molecule has 4 nitrogen and oxygen atoms in total. The van der Waals surface area contributed by atoms with Crippen LogP contribution in [0.5, 0.6) is 0 Å². The van der Waals surface area contributed by atoms with E-state index in [9.17, 15) is 13.2 Å². The van der Waals surface area contributed by atoms with Gasteiger partial charge in [-0.25, -0.2) is 4.98 Å². The van der Waals surface area contributed by atoms with Crippen LogP contribution in [0.4, 0.5) is 18.3 Å². The van der Waals surface area contributed by atoms with Crippen molar-refractivity contribution in [2.75, 3.05) is 44.2 Å². The fraction of sp³-hybridized carbons (Fsp3) is 0.769. The maximum atomic E-state index is 12.3. The van der Waals surface area contributed by atoms with Gasteiger partial charge in [-0.2, -0.15) is 13.2 Å². The van der Waals surface area contributed by atoms with Crippen LogP contribution in [0.2, 0.25) is 0 Å². The van der Waals surface area contributed by atoms with E-state index in [4.69, 9.17) is 0 Å². The SMILES string of the molecule is CCCNCc1cnc(N2CCN(CC(F)(F)F)CC2)s1. The molecule has 0 atom stereocenters. The van der Waals surface area contributed by atoms with E-state index in [1.54, 1.807) is 11.3 Å². The molecule has 0 saturated carbocycles. The van der Waals surface area contributed by atoms with E-state index < -0.39 is 12.7 Å². The van der Waals surface area contributed by atoms with E-state index in [1.807, 2.05) is 6.20 Å². The highest BCUT2D eigenvalue weighted by Gasteiger charge is 2.32. The van der Waals surface area contributed by atoms with Crippen molar-refractivity contribution in [3.8, 4) is 0 Å². The van der Waals surface area contributed by atoms with Crippen LogP contribution in [0.25, 0.3) is 0 Å².